The number of carbonyl (C=O) groups excluding carboxylic acids is 2. The number of nitrogens with one attached hydrogen (secondary N) is 1. The molecule has 3 aromatic rings. The van der Waals surface area contributed by atoms with Gasteiger partial charge in [-0.25, -0.2) is 0 Å². The molecule has 1 unspecified atom stereocenters. The van der Waals surface area contributed by atoms with Crippen LogP contribution in [0.15, 0.2) is 66.7 Å². The molecule has 1 atom stereocenters. The first-order valence-electron chi connectivity index (χ1n) is 10.4. The lowest BCUT2D eigenvalue weighted by Gasteiger charge is -2.29. The molecule has 0 saturated heterocycles. The van der Waals surface area contributed by atoms with E-state index >= 15 is 0 Å². The number of nitrogen functional groups attached to an aromatic ring is 2. The fraction of sp³-hybridized carbons (Fsp3) is 0.200. The number of nitrogens with zero attached hydrogens (tertiary/aromatic N) is 1. The van der Waals surface area contributed by atoms with Crippen LogP contribution in [0.2, 0.25) is 0 Å². The third-order valence-corrected chi connectivity index (χ3v) is 5.83. The van der Waals surface area contributed by atoms with Crippen molar-refractivity contribution >= 4 is 28.9 Å². The number of carbonyl (C=O) groups is 2. The SMILES string of the molecule is CCN(C(=O)c1ccccc1N)C1CCc2cc(C(=O)Nc3ccccc3N)ccc21. The average Bonchev–Trinajstić information content (AvgIpc) is 3.19. The van der Waals surface area contributed by atoms with Gasteiger partial charge in [0.25, 0.3) is 11.8 Å². The van der Waals surface area contributed by atoms with E-state index in [0.29, 0.717) is 34.7 Å². The predicted octanol–water partition coefficient (Wildman–Crippen LogP) is 4.25. The van der Waals surface area contributed by atoms with E-state index in [2.05, 4.69) is 5.32 Å². The number of para-hydroxylation sites is 3. The second-order valence-electron chi connectivity index (χ2n) is 7.69. The summed E-state index contributed by atoms with van der Waals surface area (Å²) in [4.78, 5) is 27.8. The Balaban J connectivity index is 1.56. The number of rotatable bonds is 5. The maximum atomic E-state index is 13.2. The molecule has 2 amide bonds. The Morgan fingerprint density at radius 1 is 1.00 bits per heavy atom. The van der Waals surface area contributed by atoms with Gasteiger partial charge in [0.1, 0.15) is 0 Å². The highest BCUT2D eigenvalue weighted by molar-refractivity contribution is 6.06. The van der Waals surface area contributed by atoms with E-state index in [0.717, 1.165) is 24.0 Å². The van der Waals surface area contributed by atoms with Crippen molar-refractivity contribution in [3.8, 4) is 0 Å². The van der Waals surface area contributed by atoms with Gasteiger partial charge >= 0.3 is 0 Å². The van der Waals surface area contributed by atoms with Gasteiger partial charge in [-0.3, -0.25) is 9.59 Å². The monoisotopic (exact) mass is 414 g/mol. The molecular formula is C25H26N4O2. The first-order chi connectivity index (χ1) is 15.0. The molecule has 0 radical (unpaired) electrons. The van der Waals surface area contributed by atoms with Crippen molar-refractivity contribution in [3.63, 3.8) is 0 Å². The van der Waals surface area contributed by atoms with E-state index in [1.807, 2.05) is 48.2 Å². The van der Waals surface area contributed by atoms with Gasteiger partial charge in [0.2, 0.25) is 0 Å². The number of hydrogen-bond donors (Lipinski definition) is 3. The van der Waals surface area contributed by atoms with Crippen LogP contribution in [0.4, 0.5) is 17.1 Å². The van der Waals surface area contributed by atoms with Gasteiger partial charge in [-0.05, 0) is 67.3 Å². The molecule has 0 bridgehead atoms. The molecule has 6 nitrogen and oxygen atoms in total. The minimum Gasteiger partial charge on any atom is -0.398 e. The van der Waals surface area contributed by atoms with Gasteiger partial charge in [0, 0.05) is 17.8 Å². The Kier molecular flexibility index (Phi) is 5.62. The quantitative estimate of drug-likeness (QED) is 0.543. The number of amides is 2. The summed E-state index contributed by atoms with van der Waals surface area (Å²) in [6.45, 7) is 2.55. The molecule has 0 aliphatic heterocycles. The third-order valence-electron chi connectivity index (χ3n) is 5.83. The van der Waals surface area contributed by atoms with Crippen LogP contribution >= 0.6 is 0 Å². The number of benzene rings is 3. The maximum Gasteiger partial charge on any atom is 0.256 e. The van der Waals surface area contributed by atoms with Crippen molar-refractivity contribution in [2.45, 2.75) is 25.8 Å². The van der Waals surface area contributed by atoms with E-state index in [4.69, 9.17) is 11.5 Å². The summed E-state index contributed by atoms with van der Waals surface area (Å²) in [5, 5.41) is 2.87. The van der Waals surface area contributed by atoms with Crippen LogP contribution < -0.4 is 16.8 Å². The fourth-order valence-corrected chi connectivity index (χ4v) is 4.22. The summed E-state index contributed by atoms with van der Waals surface area (Å²) >= 11 is 0. The number of hydrogen-bond acceptors (Lipinski definition) is 4. The van der Waals surface area contributed by atoms with E-state index in [9.17, 15) is 9.59 Å². The molecule has 4 rings (SSSR count). The molecule has 31 heavy (non-hydrogen) atoms. The standard InChI is InChI=1S/C25H26N4O2/c1-2-29(25(31)19-7-3-4-8-20(19)26)23-14-12-16-15-17(11-13-18(16)23)24(30)28-22-10-6-5-9-21(22)27/h3-11,13,15,23H,2,12,14,26-27H2,1H3,(H,28,30). The molecule has 0 saturated carbocycles. The van der Waals surface area contributed by atoms with E-state index in [-0.39, 0.29) is 17.9 Å². The highest BCUT2D eigenvalue weighted by Crippen LogP contribution is 2.37. The minimum atomic E-state index is -0.204. The molecule has 0 heterocycles. The summed E-state index contributed by atoms with van der Waals surface area (Å²) in [5.74, 6) is -0.274. The van der Waals surface area contributed by atoms with Gasteiger partial charge in [0.15, 0.2) is 0 Å². The minimum absolute atomic E-state index is 0.0333. The normalized spacial score (nSPS) is 14.7. The lowest BCUT2D eigenvalue weighted by molar-refractivity contribution is 0.0689. The summed E-state index contributed by atoms with van der Waals surface area (Å²) in [7, 11) is 0. The molecule has 5 N–H and O–H groups in total. The summed E-state index contributed by atoms with van der Waals surface area (Å²) < 4.78 is 0. The Bertz CT molecular complexity index is 1140. The van der Waals surface area contributed by atoms with Crippen molar-refractivity contribution in [2.24, 2.45) is 0 Å². The van der Waals surface area contributed by atoms with Gasteiger partial charge in [-0.15, -0.1) is 0 Å². The third kappa shape index (κ3) is 3.97. The molecule has 0 fully saturated rings. The first-order valence-corrected chi connectivity index (χ1v) is 10.4. The van der Waals surface area contributed by atoms with Gasteiger partial charge in [0.05, 0.1) is 23.0 Å². The summed E-state index contributed by atoms with van der Waals surface area (Å²) in [6, 6.07) is 20.0. The predicted molar refractivity (Wildman–Crippen MR) is 124 cm³/mol. The second kappa shape index (κ2) is 8.52. The second-order valence-corrected chi connectivity index (χ2v) is 7.69. The van der Waals surface area contributed by atoms with Crippen molar-refractivity contribution < 1.29 is 9.59 Å². The Morgan fingerprint density at radius 3 is 2.42 bits per heavy atom. The molecule has 1 aliphatic rings. The van der Waals surface area contributed by atoms with Crippen LogP contribution in [-0.2, 0) is 6.42 Å². The number of anilines is 3. The number of nitrogens with two attached hydrogens (primary N) is 2. The molecular weight excluding hydrogens is 388 g/mol. The molecule has 3 aromatic carbocycles. The van der Waals surface area contributed by atoms with E-state index in [1.165, 1.54) is 0 Å². The zero-order chi connectivity index (χ0) is 22.0. The van der Waals surface area contributed by atoms with Crippen molar-refractivity contribution in [3.05, 3.63) is 89.0 Å². The largest absolute Gasteiger partial charge is 0.398 e. The summed E-state index contributed by atoms with van der Waals surface area (Å²) in [5.41, 5.74) is 16.8. The number of aryl methyl sites for hydroxylation is 1. The van der Waals surface area contributed by atoms with Gasteiger partial charge in [-0.1, -0.05) is 30.3 Å². The first kappa shape index (κ1) is 20.5. The zero-order valence-corrected chi connectivity index (χ0v) is 17.5. The highest BCUT2D eigenvalue weighted by Gasteiger charge is 2.31. The van der Waals surface area contributed by atoms with Crippen LogP contribution in [0.3, 0.4) is 0 Å². The van der Waals surface area contributed by atoms with Crippen LogP contribution in [0.25, 0.3) is 0 Å². The van der Waals surface area contributed by atoms with E-state index in [1.54, 1.807) is 30.3 Å². The van der Waals surface area contributed by atoms with Crippen LogP contribution in [0, 0.1) is 0 Å². The lowest BCUT2D eigenvalue weighted by atomic mass is 10.0. The van der Waals surface area contributed by atoms with Gasteiger partial charge < -0.3 is 21.7 Å². The number of fused-ring (bicyclic) bond motifs is 1. The molecule has 0 spiro atoms. The van der Waals surface area contributed by atoms with E-state index < -0.39 is 0 Å². The highest BCUT2D eigenvalue weighted by atomic mass is 16.2. The summed E-state index contributed by atoms with van der Waals surface area (Å²) in [6.07, 6.45) is 1.63. The molecule has 6 heteroatoms. The van der Waals surface area contributed by atoms with Crippen molar-refractivity contribution in [1.82, 2.24) is 4.90 Å². The maximum absolute atomic E-state index is 13.2. The Hall–Kier alpha value is -3.80. The van der Waals surface area contributed by atoms with Gasteiger partial charge in [-0.2, -0.15) is 0 Å². The lowest BCUT2D eigenvalue weighted by Crippen LogP contribution is -2.34. The van der Waals surface area contributed by atoms with Crippen LogP contribution in [-0.4, -0.2) is 23.3 Å². The Morgan fingerprint density at radius 2 is 1.71 bits per heavy atom. The smallest absolute Gasteiger partial charge is 0.256 e. The Labute approximate surface area is 181 Å². The fourth-order valence-electron chi connectivity index (χ4n) is 4.22. The molecule has 1 aliphatic carbocycles. The average molecular weight is 415 g/mol. The molecule has 0 aromatic heterocycles. The van der Waals surface area contributed by atoms with Crippen LogP contribution in [0.5, 0.6) is 0 Å². The van der Waals surface area contributed by atoms with Crippen molar-refractivity contribution in [2.75, 3.05) is 23.3 Å². The van der Waals surface area contributed by atoms with Crippen molar-refractivity contribution in [1.29, 1.82) is 0 Å². The zero-order valence-electron chi connectivity index (χ0n) is 17.5. The topological polar surface area (TPSA) is 101 Å². The van der Waals surface area contributed by atoms with Crippen LogP contribution in [0.1, 0.15) is 51.2 Å². The molecule has 158 valence electrons.